The molecule has 0 spiro atoms. The van der Waals surface area contributed by atoms with Crippen molar-refractivity contribution >= 4 is 45.0 Å². The van der Waals surface area contributed by atoms with E-state index in [0.717, 1.165) is 84.2 Å². The average molecular weight is 663 g/mol. The summed E-state index contributed by atoms with van der Waals surface area (Å²) in [4.78, 5) is 24.0. The number of carbonyl (C=O) groups is 1. The Balaban J connectivity index is 1.15. The van der Waals surface area contributed by atoms with Crippen molar-refractivity contribution in [2.75, 3.05) is 54.9 Å². The molecule has 0 radical (unpaired) electrons. The number of anilines is 3. The van der Waals surface area contributed by atoms with Gasteiger partial charge in [-0.25, -0.2) is 13.8 Å². The highest BCUT2D eigenvalue weighted by Crippen LogP contribution is 2.34. The van der Waals surface area contributed by atoms with Crippen LogP contribution in [-0.4, -0.2) is 71.5 Å². The number of nitrogens with one attached hydrogen (secondary N) is 5. The second kappa shape index (κ2) is 13.3. The lowest BCUT2D eigenvalue weighted by Gasteiger charge is -2.31. The Labute approximate surface area is 281 Å². The Kier molecular flexibility index (Phi) is 8.40. The lowest BCUT2D eigenvalue weighted by atomic mass is 9.93. The van der Waals surface area contributed by atoms with Gasteiger partial charge in [0.1, 0.15) is 17.3 Å². The molecule has 0 unspecified atom stereocenters. The highest BCUT2D eigenvalue weighted by atomic mass is 19.1. The summed E-state index contributed by atoms with van der Waals surface area (Å²) in [6.45, 7) is 4.96. The number of ether oxygens (including phenoxy) is 1. The Morgan fingerprint density at radius 1 is 0.980 bits per heavy atom. The number of pyridine rings is 1. The molecule has 5 heterocycles. The third kappa shape index (κ3) is 6.57. The highest BCUT2D eigenvalue weighted by Gasteiger charge is 2.22. The number of amides is 1. The van der Waals surface area contributed by atoms with Crippen LogP contribution in [0.5, 0.6) is 0 Å². The number of hydrogen-bond acceptors (Lipinski definition) is 7. The summed E-state index contributed by atoms with van der Waals surface area (Å²) >= 11 is 0. The van der Waals surface area contributed by atoms with Crippen LogP contribution in [-0.2, 0) is 11.2 Å². The first kappa shape index (κ1) is 31.0. The van der Waals surface area contributed by atoms with Gasteiger partial charge in [-0.2, -0.15) is 5.10 Å². The largest absolute Gasteiger partial charge is 0.381 e. The molecule has 5 N–H and O–H groups in total. The molecular formula is C37H36F2N8O2. The van der Waals surface area contributed by atoms with E-state index < -0.39 is 11.6 Å². The predicted octanol–water partition coefficient (Wildman–Crippen LogP) is 6.23. The van der Waals surface area contributed by atoms with Crippen LogP contribution < -0.4 is 20.9 Å². The van der Waals surface area contributed by atoms with Gasteiger partial charge in [0.25, 0.3) is 5.91 Å². The van der Waals surface area contributed by atoms with E-state index in [1.807, 2.05) is 42.6 Å². The molecule has 49 heavy (non-hydrogen) atoms. The first-order valence-corrected chi connectivity index (χ1v) is 16.6. The summed E-state index contributed by atoms with van der Waals surface area (Å²) in [6.07, 6.45) is 5.56. The molecule has 0 atom stereocenters. The van der Waals surface area contributed by atoms with Gasteiger partial charge in [-0.05, 0) is 90.6 Å². The Morgan fingerprint density at radius 3 is 2.61 bits per heavy atom. The van der Waals surface area contributed by atoms with E-state index in [1.165, 1.54) is 12.1 Å². The number of carbonyl (C=O) groups excluding carboxylic acids is 1. The fourth-order valence-corrected chi connectivity index (χ4v) is 6.85. The maximum atomic E-state index is 14.2. The van der Waals surface area contributed by atoms with Crippen LogP contribution >= 0.6 is 0 Å². The Morgan fingerprint density at radius 2 is 1.80 bits per heavy atom. The molecule has 1 amide bonds. The topological polar surface area (TPSA) is 123 Å². The van der Waals surface area contributed by atoms with Gasteiger partial charge in [0.15, 0.2) is 5.82 Å². The predicted molar refractivity (Wildman–Crippen MR) is 187 cm³/mol. The zero-order valence-corrected chi connectivity index (χ0v) is 26.8. The maximum absolute atomic E-state index is 14.2. The third-order valence-electron chi connectivity index (χ3n) is 9.36. The minimum absolute atomic E-state index is 0.193. The van der Waals surface area contributed by atoms with E-state index in [2.05, 4.69) is 47.1 Å². The number of benzene rings is 3. The first-order chi connectivity index (χ1) is 24.0. The molecule has 3 aromatic heterocycles. The first-order valence-electron chi connectivity index (χ1n) is 16.6. The van der Waals surface area contributed by atoms with E-state index in [9.17, 15) is 13.6 Å². The molecule has 2 aliphatic heterocycles. The number of piperazine rings is 1. The molecule has 2 aliphatic rings. The SMILES string of the molecule is O=C(Nc1n[nH]c2cc(-c3cnc4[nH]ccc4c3)c(Cc3cc(F)cc(F)c3)cc12)c1ccc(N2CCNCC2)cc1NC1CCOCC1. The van der Waals surface area contributed by atoms with Crippen LogP contribution in [0, 0.1) is 11.6 Å². The van der Waals surface area contributed by atoms with E-state index in [-0.39, 0.29) is 18.4 Å². The lowest BCUT2D eigenvalue weighted by Crippen LogP contribution is -2.43. The van der Waals surface area contributed by atoms with Crippen molar-refractivity contribution in [2.45, 2.75) is 25.3 Å². The molecule has 250 valence electrons. The van der Waals surface area contributed by atoms with Gasteiger partial charge in [0.2, 0.25) is 0 Å². The zero-order valence-electron chi connectivity index (χ0n) is 26.8. The molecule has 2 fully saturated rings. The average Bonchev–Trinajstić information content (AvgIpc) is 3.74. The van der Waals surface area contributed by atoms with Gasteiger partial charge in [-0.1, -0.05) is 0 Å². The van der Waals surface area contributed by atoms with Crippen LogP contribution in [0.25, 0.3) is 33.1 Å². The van der Waals surface area contributed by atoms with Crippen molar-refractivity contribution in [3.8, 4) is 11.1 Å². The van der Waals surface area contributed by atoms with Crippen molar-refractivity contribution < 1.29 is 18.3 Å². The number of rotatable bonds is 8. The monoisotopic (exact) mass is 662 g/mol. The minimum Gasteiger partial charge on any atom is -0.381 e. The smallest absolute Gasteiger partial charge is 0.258 e. The van der Waals surface area contributed by atoms with E-state index in [4.69, 9.17) is 4.74 Å². The number of aromatic amines is 2. The molecule has 12 heteroatoms. The molecule has 0 aliphatic carbocycles. The number of fused-ring (bicyclic) bond motifs is 2. The zero-order chi connectivity index (χ0) is 33.3. The lowest BCUT2D eigenvalue weighted by molar-refractivity contribution is 0.0904. The van der Waals surface area contributed by atoms with Gasteiger partial charge in [0.05, 0.1) is 11.1 Å². The summed E-state index contributed by atoms with van der Waals surface area (Å²) in [6, 6.07) is 17.5. The second-order valence-electron chi connectivity index (χ2n) is 12.7. The van der Waals surface area contributed by atoms with Crippen molar-refractivity contribution in [3.63, 3.8) is 0 Å². The molecule has 3 aromatic carbocycles. The number of hydrogen-bond donors (Lipinski definition) is 5. The van der Waals surface area contributed by atoms with Crippen LogP contribution in [0.15, 0.2) is 73.1 Å². The van der Waals surface area contributed by atoms with Crippen molar-refractivity contribution in [3.05, 3.63) is 101 Å². The number of halogens is 2. The summed E-state index contributed by atoms with van der Waals surface area (Å²) in [7, 11) is 0. The van der Waals surface area contributed by atoms with E-state index in [1.54, 1.807) is 6.20 Å². The van der Waals surface area contributed by atoms with Gasteiger partial charge in [0, 0.05) is 91.6 Å². The van der Waals surface area contributed by atoms with E-state index >= 15 is 0 Å². The Hall–Kier alpha value is -5.33. The van der Waals surface area contributed by atoms with Gasteiger partial charge in [-0.15, -0.1) is 0 Å². The van der Waals surface area contributed by atoms with Gasteiger partial charge in [-0.3, -0.25) is 9.89 Å². The summed E-state index contributed by atoms with van der Waals surface area (Å²) < 4.78 is 34.1. The molecule has 0 bridgehead atoms. The number of nitrogens with zero attached hydrogens (tertiary/aromatic N) is 3. The third-order valence-corrected chi connectivity index (χ3v) is 9.36. The highest BCUT2D eigenvalue weighted by molar-refractivity contribution is 6.11. The van der Waals surface area contributed by atoms with Crippen molar-refractivity contribution in [2.24, 2.45) is 0 Å². The van der Waals surface area contributed by atoms with Crippen LogP contribution in [0.1, 0.15) is 34.3 Å². The van der Waals surface area contributed by atoms with Crippen molar-refractivity contribution in [1.82, 2.24) is 25.5 Å². The Bertz CT molecular complexity index is 2130. The summed E-state index contributed by atoms with van der Waals surface area (Å²) in [5.74, 6) is -1.22. The van der Waals surface area contributed by atoms with Gasteiger partial charge >= 0.3 is 0 Å². The molecular weight excluding hydrogens is 626 g/mol. The molecule has 6 aromatic rings. The van der Waals surface area contributed by atoms with Crippen LogP contribution in [0.2, 0.25) is 0 Å². The molecule has 8 rings (SSSR count). The second-order valence-corrected chi connectivity index (χ2v) is 12.7. The van der Waals surface area contributed by atoms with Gasteiger partial charge < -0.3 is 30.6 Å². The summed E-state index contributed by atoms with van der Waals surface area (Å²) in [5.41, 5.74) is 6.76. The molecule has 2 saturated heterocycles. The quantitative estimate of drug-likeness (QED) is 0.131. The van der Waals surface area contributed by atoms with Crippen LogP contribution in [0.3, 0.4) is 0 Å². The minimum atomic E-state index is -0.641. The fourth-order valence-electron chi connectivity index (χ4n) is 6.85. The summed E-state index contributed by atoms with van der Waals surface area (Å²) in [5, 5.41) is 19.2. The number of H-pyrrole nitrogens is 2. The van der Waals surface area contributed by atoms with Crippen LogP contribution in [0.4, 0.5) is 26.0 Å². The molecule has 0 saturated carbocycles. The number of aromatic nitrogens is 4. The fraction of sp³-hybridized carbons (Fsp3) is 0.270. The van der Waals surface area contributed by atoms with E-state index in [0.29, 0.717) is 41.1 Å². The standard InChI is InChI=1S/C37H36F2N8O2/c38-26-14-22(15-27(39)18-26)13-24-17-32-34(20-31(24)25-16-23-3-6-41-35(23)42-21-25)45-46-36(32)44-37(48)30-2-1-29(47-9-7-40-8-10-47)19-33(30)43-28-4-11-49-12-5-28/h1-3,6,14-21,28,40,43H,4-5,7-13H2,(H,41,42)(H2,44,45,46,48). The maximum Gasteiger partial charge on any atom is 0.258 e. The van der Waals surface area contributed by atoms with Crippen molar-refractivity contribution in [1.29, 1.82) is 0 Å². The molecule has 10 nitrogen and oxygen atoms in total. The normalized spacial score (nSPS) is 15.6.